The Morgan fingerprint density at radius 3 is 2.46 bits per heavy atom. The maximum absolute atomic E-state index is 12.8. The van der Waals surface area contributed by atoms with Crippen LogP contribution in [0.4, 0.5) is 5.69 Å². The van der Waals surface area contributed by atoms with Gasteiger partial charge in [-0.15, -0.1) is 0 Å². The number of amides is 4. The lowest BCUT2D eigenvalue weighted by Gasteiger charge is -2.40. The van der Waals surface area contributed by atoms with E-state index in [-0.39, 0.29) is 24.8 Å². The van der Waals surface area contributed by atoms with Crippen LogP contribution >= 0.6 is 0 Å². The summed E-state index contributed by atoms with van der Waals surface area (Å²) in [5.74, 6) is -1.96. The zero-order valence-corrected chi connectivity index (χ0v) is 14.4. The van der Waals surface area contributed by atoms with Gasteiger partial charge in [-0.25, -0.2) is 0 Å². The fourth-order valence-corrected chi connectivity index (χ4v) is 3.84. The molecule has 3 aliphatic rings. The van der Waals surface area contributed by atoms with Crippen molar-refractivity contribution in [3.8, 4) is 0 Å². The number of imide groups is 2. The zero-order valence-electron chi connectivity index (χ0n) is 14.4. The Hall–Kier alpha value is -2.74. The first-order valence-corrected chi connectivity index (χ1v) is 8.71. The summed E-state index contributed by atoms with van der Waals surface area (Å²) in [6, 6.07) is 4.73. The molecule has 2 heterocycles. The Morgan fingerprint density at radius 1 is 1.12 bits per heavy atom. The molecule has 2 aliphatic heterocycles. The number of nitrogens with one attached hydrogen (secondary N) is 1. The number of hydrogen-bond donors (Lipinski definition) is 2. The summed E-state index contributed by atoms with van der Waals surface area (Å²) in [6.07, 6.45) is 2.05. The van der Waals surface area contributed by atoms with Crippen molar-refractivity contribution in [2.45, 2.75) is 43.8 Å². The summed E-state index contributed by atoms with van der Waals surface area (Å²) in [5.41, 5.74) is 7.28. The monoisotopic (exact) mass is 356 g/mol. The second-order valence-corrected chi connectivity index (χ2v) is 7.17. The third kappa shape index (κ3) is 2.48. The third-order valence-electron chi connectivity index (χ3n) is 5.53. The minimum Gasteiger partial charge on any atom is -0.371 e. The van der Waals surface area contributed by atoms with Crippen LogP contribution in [0.5, 0.6) is 0 Å². The Kier molecular flexibility index (Phi) is 3.80. The van der Waals surface area contributed by atoms with Gasteiger partial charge in [-0.1, -0.05) is 0 Å². The highest BCUT2D eigenvalue weighted by molar-refractivity contribution is 6.23. The molecule has 1 aromatic carbocycles. The number of nitrogens with two attached hydrogens (primary N) is 1. The largest absolute Gasteiger partial charge is 0.371 e. The van der Waals surface area contributed by atoms with Crippen molar-refractivity contribution in [2.75, 3.05) is 11.9 Å². The molecule has 8 nitrogen and oxygen atoms in total. The molecule has 1 aliphatic carbocycles. The van der Waals surface area contributed by atoms with Crippen molar-refractivity contribution in [1.29, 1.82) is 0 Å². The lowest BCUT2D eigenvalue weighted by molar-refractivity contribution is -0.136. The molecule has 0 spiro atoms. The quantitative estimate of drug-likeness (QED) is 0.738. The highest BCUT2D eigenvalue weighted by atomic mass is 16.2. The average Bonchev–Trinajstić information content (AvgIpc) is 2.83. The predicted molar refractivity (Wildman–Crippen MR) is 92.5 cm³/mol. The minimum absolute atomic E-state index is 0.111. The summed E-state index contributed by atoms with van der Waals surface area (Å²) in [7, 11) is 1.94. The maximum Gasteiger partial charge on any atom is 0.262 e. The molecule has 4 rings (SSSR count). The van der Waals surface area contributed by atoms with Crippen LogP contribution in [0, 0.1) is 0 Å². The van der Waals surface area contributed by atoms with Gasteiger partial charge in [-0.3, -0.25) is 29.4 Å². The highest BCUT2D eigenvalue weighted by Gasteiger charge is 2.44. The molecule has 0 bridgehead atoms. The highest BCUT2D eigenvalue weighted by Crippen LogP contribution is 2.33. The van der Waals surface area contributed by atoms with Gasteiger partial charge in [0, 0.05) is 31.2 Å². The molecule has 1 saturated carbocycles. The van der Waals surface area contributed by atoms with Crippen molar-refractivity contribution >= 4 is 29.3 Å². The van der Waals surface area contributed by atoms with Gasteiger partial charge in [0.15, 0.2) is 0 Å². The van der Waals surface area contributed by atoms with E-state index in [9.17, 15) is 19.2 Å². The van der Waals surface area contributed by atoms with E-state index in [0.29, 0.717) is 17.2 Å². The number of benzene rings is 1. The summed E-state index contributed by atoms with van der Waals surface area (Å²) in [6.45, 7) is 0. The second kappa shape index (κ2) is 5.91. The van der Waals surface area contributed by atoms with Crippen molar-refractivity contribution in [3.63, 3.8) is 0 Å². The molecule has 1 saturated heterocycles. The molecule has 26 heavy (non-hydrogen) atoms. The maximum atomic E-state index is 12.8. The molecule has 1 unspecified atom stereocenters. The lowest BCUT2D eigenvalue weighted by Crippen LogP contribution is -2.54. The molecule has 0 aromatic heterocycles. The SMILES string of the molecule is CN(c1ccc2c(c1)C(=O)N(C1CCC(=O)NC1=O)C2=O)C1CC(N)C1. The average molecular weight is 356 g/mol. The summed E-state index contributed by atoms with van der Waals surface area (Å²) in [5, 5.41) is 2.19. The number of hydrogen-bond acceptors (Lipinski definition) is 6. The number of fused-ring (bicyclic) bond motifs is 1. The van der Waals surface area contributed by atoms with Gasteiger partial charge in [0.1, 0.15) is 6.04 Å². The molecular formula is C18H20N4O4. The molecule has 136 valence electrons. The van der Waals surface area contributed by atoms with Gasteiger partial charge in [0.25, 0.3) is 11.8 Å². The topological polar surface area (TPSA) is 113 Å². The minimum atomic E-state index is -0.939. The molecule has 1 atom stereocenters. The van der Waals surface area contributed by atoms with E-state index in [1.54, 1.807) is 12.1 Å². The number of rotatable bonds is 3. The van der Waals surface area contributed by atoms with E-state index in [4.69, 9.17) is 5.73 Å². The number of nitrogens with zero attached hydrogens (tertiary/aromatic N) is 2. The third-order valence-corrected chi connectivity index (χ3v) is 5.53. The van der Waals surface area contributed by atoms with Crippen molar-refractivity contribution in [3.05, 3.63) is 29.3 Å². The van der Waals surface area contributed by atoms with E-state index in [2.05, 4.69) is 10.2 Å². The van der Waals surface area contributed by atoms with E-state index in [1.165, 1.54) is 0 Å². The van der Waals surface area contributed by atoms with Gasteiger partial charge >= 0.3 is 0 Å². The zero-order chi connectivity index (χ0) is 18.6. The molecule has 3 N–H and O–H groups in total. The van der Waals surface area contributed by atoms with Crippen LogP contribution in [-0.2, 0) is 9.59 Å². The molecular weight excluding hydrogens is 336 g/mol. The van der Waals surface area contributed by atoms with Crippen molar-refractivity contribution < 1.29 is 19.2 Å². The molecule has 4 amide bonds. The molecule has 0 radical (unpaired) electrons. The first-order chi connectivity index (χ1) is 12.4. The van der Waals surface area contributed by atoms with Crippen LogP contribution in [0.3, 0.4) is 0 Å². The van der Waals surface area contributed by atoms with Crippen molar-refractivity contribution in [2.24, 2.45) is 5.73 Å². The predicted octanol–water partition coefficient (Wildman–Crippen LogP) is 0.0137. The van der Waals surface area contributed by atoms with Crippen LogP contribution in [0.2, 0.25) is 0 Å². The van der Waals surface area contributed by atoms with Crippen molar-refractivity contribution in [1.82, 2.24) is 10.2 Å². The lowest BCUT2D eigenvalue weighted by atomic mass is 9.86. The number of carbonyl (C=O) groups excluding carboxylic acids is 4. The molecule has 2 fully saturated rings. The van der Waals surface area contributed by atoms with Gasteiger partial charge in [0.05, 0.1) is 11.1 Å². The first kappa shape index (κ1) is 16.7. The van der Waals surface area contributed by atoms with E-state index in [1.807, 2.05) is 13.1 Å². The van der Waals surface area contributed by atoms with Gasteiger partial charge < -0.3 is 10.6 Å². The number of carbonyl (C=O) groups is 4. The fraction of sp³-hybridized carbons (Fsp3) is 0.444. The van der Waals surface area contributed by atoms with Crippen LogP contribution in [0.25, 0.3) is 0 Å². The fourth-order valence-electron chi connectivity index (χ4n) is 3.84. The first-order valence-electron chi connectivity index (χ1n) is 8.71. The van der Waals surface area contributed by atoms with Crippen LogP contribution < -0.4 is 16.0 Å². The number of anilines is 1. The Morgan fingerprint density at radius 2 is 1.81 bits per heavy atom. The molecule has 8 heteroatoms. The summed E-state index contributed by atoms with van der Waals surface area (Å²) in [4.78, 5) is 51.9. The Labute approximate surface area is 150 Å². The smallest absolute Gasteiger partial charge is 0.262 e. The Balaban J connectivity index is 1.60. The van der Waals surface area contributed by atoms with E-state index >= 15 is 0 Å². The summed E-state index contributed by atoms with van der Waals surface area (Å²) < 4.78 is 0. The van der Waals surface area contributed by atoms with E-state index in [0.717, 1.165) is 23.4 Å². The van der Waals surface area contributed by atoms with Crippen LogP contribution in [-0.4, -0.2) is 53.7 Å². The normalized spacial score (nSPS) is 27.9. The van der Waals surface area contributed by atoms with Gasteiger partial charge in [-0.05, 0) is 37.5 Å². The van der Waals surface area contributed by atoms with E-state index < -0.39 is 23.8 Å². The Bertz CT molecular complexity index is 830. The van der Waals surface area contributed by atoms with Crippen LogP contribution in [0.15, 0.2) is 18.2 Å². The second-order valence-electron chi connectivity index (χ2n) is 7.17. The van der Waals surface area contributed by atoms with Crippen LogP contribution in [0.1, 0.15) is 46.4 Å². The van der Waals surface area contributed by atoms with Gasteiger partial charge in [0.2, 0.25) is 11.8 Å². The molecule has 1 aromatic rings. The number of piperidine rings is 1. The standard InChI is InChI=1S/C18H20N4O4/c1-21(11-6-9(19)7-11)10-2-3-12-13(8-10)18(26)22(17(12)25)14-4-5-15(23)20-16(14)24/h2-3,8-9,11,14H,4-7,19H2,1H3,(H,20,23,24). The van der Waals surface area contributed by atoms with Gasteiger partial charge in [-0.2, -0.15) is 0 Å². The summed E-state index contributed by atoms with van der Waals surface area (Å²) >= 11 is 0.